The number of aromatic nitrogens is 18. The van der Waals surface area contributed by atoms with Crippen LogP contribution in [0, 0.1) is 0 Å². The van der Waals surface area contributed by atoms with E-state index in [0.717, 1.165) is 112 Å². The Balaban J connectivity index is 0.000000151. The summed E-state index contributed by atoms with van der Waals surface area (Å²) in [6.07, 6.45) is 51.7. The molecule has 0 unspecified atom stereocenters. The van der Waals surface area contributed by atoms with Crippen molar-refractivity contribution in [3.63, 3.8) is 0 Å². The smallest absolute Gasteiger partial charge is 0.173 e. The summed E-state index contributed by atoms with van der Waals surface area (Å²) in [5, 5.41) is 0. The average Bonchev–Trinajstić information content (AvgIpc) is 0.802. The highest BCUT2D eigenvalue weighted by Gasteiger charge is 2.25. The van der Waals surface area contributed by atoms with Crippen molar-refractivity contribution in [3.05, 3.63) is 543 Å². The van der Waals surface area contributed by atoms with E-state index in [1.54, 1.807) is 0 Å². The van der Waals surface area contributed by atoms with Gasteiger partial charge in [0.1, 0.15) is 0 Å². The number of rotatable bonds is 0. The lowest BCUT2D eigenvalue weighted by molar-refractivity contribution is -0.688. The van der Waals surface area contributed by atoms with Gasteiger partial charge in [-0.2, -0.15) is 0 Å². The van der Waals surface area contributed by atoms with E-state index in [0.29, 0.717) is 34.9 Å². The minimum Gasteiger partial charge on any atom is -0.208 e. The molecule has 0 fully saturated rings. The maximum atomic E-state index is 5.09. The fourth-order valence-corrected chi connectivity index (χ4v) is 19.6. The van der Waals surface area contributed by atoms with Crippen LogP contribution in [0.15, 0.2) is 476 Å². The van der Waals surface area contributed by atoms with E-state index in [-0.39, 0.29) is 0 Å². The molecule has 8 aromatic carbocycles. The third-order valence-electron chi connectivity index (χ3n) is 27.9. The van der Waals surface area contributed by atoms with Gasteiger partial charge in [-0.1, -0.05) is 146 Å². The molecule has 18 nitrogen and oxygen atoms in total. The molecule has 0 saturated heterocycles. The lowest BCUT2D eigenvalue weighted by atomic mass is 9.94. The molecule has 0 saturated carbocycles. The van der Waals surface area contributed by atoms with E-state index in [4.69, 9.17) is 29.9 Å². The molecule has 0 amide bonds. The van der Waals surface area contributed by atoms with E-state index >= 15 is 0 Å². The molecular weight excluding hydrogens is 1770 g/mol. The van der Waals surface area contributed by atoms with E-state index in [1.165, 1.54) is 134 Å². The molecule has 684 valence electrons. The van der Waals surface area contributed by atoms with Crippen LogP contribution >= 0.6 is 0 Å². The van der Waals surface area contributed by atoms with Gasteiger partial charge in [-0.05, 0) is 103 Å². The largest absolute Gasteiger partial charge is 0.208 e. The van der Waals surface area contributed by atoms with Gasteiger partial charge in [0.15, 0.2) is 262 Å². The number of pyridine rings is 12. The zero-order valence-electron chi connectivity index (χ0n) is 79.6. The summed E-state index contributed by atoms with van der Waals surface area (Å²) in [6, 6.07) is 120. The summed E-state index contributed by atoms with van der Waals surface area (Å²) in [6.45, 7) is 9.10. The Morgan fingerprint density at radius 1 is 0.0972 bits per heavy atom. The Hall–Kier alpha value is -18.4. The Morgan fingerprint density at radius 3 is 0.271 bits per heavy atom. The third kappa shape index (κ3) is 19.9. The molecule has 14 aromatic heterocycles. The highest BCUT2D eigenvalue weighted by Crippen LogP contribution is 2.36. The van der Waals surface area contributed by atoms with E-state index < -0.39 is 0 Å². The van der Waals surface area contributed by atoms with Crippen molar-refractivity contribution in [1.82, 2.24) is 29.9 Å². The maximum Gasteiger partial charge on any atom is 0.173 e. The first-order valence-electron chi connectivity index (χ1n) is 49.2. The lowest BCUT2D eigenvalue weighted by Gasteiger charge is -2.11. The normalized spacial score (nSPS) is 12.7. The Kier molecular flexibility index (Phi) is 23.4. The summed E-state index contributed by atoms with van der Waals surface area (Å²) in [5.41, 5.74) is 34.5. The number of hydrogen-bond donors (Lipinski definition) is 0. The van der Waals surface area contributed by atoms with E-state index in [1.807, 2.05) is 0 Å². The fourth-order valence-electron chi connectivity index (χ4n) is 19.6. The average molecular weight is 1870 g/mol. The summed E-state index contributed by atoms with van der Waals surface area (Å²) >= 11 is 0. The Bertz CT molecular complexity index is 6580. The summed E-state index contributed by atoms with van der Waals surface area (Å²) in [5.74, 6) is 3.70. The predicted octanol–water partition coefficient (Wildman–Crippen LogP) is 17.0. The first-order chi connectivity index (χ1) is 71.0. The van der Waals surface area contributed by atoms with Crippen LogP contribution in [0.5, 0.6) is 0 Å². The molecule has 0 radical (unpaired) electrons. The van der Waals surface area contributed by atoms with Gasteiger partial charge >= 0.3 is 0 Å². The molecule has 0 aliphatic carbocycles. The van der Waals surface area contributed by atoms with E-state index in [9.17, 15) is 0 Å². The van der Waals surface area contributed by atoms with Crippen LogP contribution in [0.25, 0.3) is 135 Å². The van der Waals surface area contributed by atoms with Crippen molar-refractivity contribution in [2.75, 3.05) is 0 Å². The second-order valence-corrected chi connectivity index (χ2v) is 38.2. The first kappa shape index (κ1) is 87.1. The molecule has 144 heavy (non-hydrogen) atoms. The van der Waals surface area contributed by atoms with Crippen LogP contribution in [0.2, 0.25) is 0 Å². The van der Waals surface area contributed by atoms with E-state index in [2.05, 4.69) is 531 Å². The van der Waals surface area contributed by atoms with Crippen LogP contribution in [0.4, 0.5) is 0 Å². The van der Waals surface area contributed by atoms with Crippen LogP contribution in [-0.2, 0) is 78.5 Å². The van der Waals surface area contributed by atoms with Crippen molar-refractivity contribution in [2.45, 2.75) is 78.5 Å². The van der Waals surface area contributed by atoms with Crippen LogP contribution < -0.4 is 54.8 Å². The van der Waals surface area contributed by atoms with Gasteiger partial charge in [0.25, 0.3) is 0 Å². The zero-order chi connectivity index (χ0) is 95.6. The Morgan fingerprint density at radius 2 is 0.181 bits per heavy atom. The van der Waals surface area contributed by atoms with Crippen LogP contribution in [-0.4, -0.2) is 29.9 Å². The minimum absolute atomic E-state index is 0.617. The molecule has 0 spiro atoms. The molecule has 48 bridgehead atoms. The fraction of sp³-hybridized carbons (Fsp3) is 0.0952. The topological polar surface area (TPSA) is 124 Å². The van der Waals surface area contributed by atoms with Gasteiger partial charge < -0.3 is 0 Å². The van der Waals surface area contributed by atoms with Crippen molar-refractivity contribution in [1.29, 1.82) is 0 Å². The SMILES string of the molecule is c1cc2ccc1C[n+]1ccc(cc1)-c1cc3cc(c1)-c1cc[n+](cc1)Cc1ccc(cc1)C[n+]1ccc(cc1)-c1cc(cc(c1)-c1cc[n+](cc1)Cc1ccc(cc1)C[n+]1ccc-3cc1)-c1cc[n+](cc1)C2.c1cc2ccc1C[n+]1ccc(cc1)-c1nc3nc(n1)-c1cc[n+](cc1)Cc1ccc(cc1)C[n+]1ccc(cc1)-c1nc(nc(n1)-c1cc[n+](cc1)Cc1ccc(cc1)C[n+]1ccc-3cc1)-c1cc[n+](cc1)C2. The number of benzene rings is 8. The maximum absolute atomic E-state index is 5.09. The molecule has 98 heterocycles. The Labute approximate surface area is 835 Å². The van der Waals surface area contributed by atoms with Crippen molar-refractivity contribution in [2.24, 2.45) is 0 Å². The van der Waals surface area contributed by atoms with Gasteiger partial charge in [0, 0.05) is 246 Å². The zero-order valence-corrected chi connectivity index (χ0v) is 79.6. The molecule has 18 heteroatoms. The third-order valence-corrected chi connectivity index (χ3v) is 27.9. The van der Waals surface area contributed by atoms with Crippen molar-refractivity contribution < 1.29 is 54.8 Å². The number of hydrogen-bond acceptors (Lipinski definition) is 6. The molecule has 106 rings (SSSR count). The van der Waals surface area contributed by atoms with Gasteiger partial charge in [-0.3, -0.25) is 0 Å². The highest BCUT2D eigenvalue weighted by molar-refractivity contribution is 5.83. The molecule has 0 N–H and O–H groups in total. The first-order valence-corrected chi connectivity index (χ1v) is 49.2. The lowest BCUT2D eigenvalue weighted by Crippen LogP contribution is -2.34. The molecule has 22 aromatic rings. The van der Waals surface area contributed by atoms with Gasteiger partial charge in [0.05, 0.1) is 0 Å². The second-order valence-electron chi connectivity index (χ2n) is 38.2. The van der Waals surface area contributed by atoms with Crippen LogP contribution in [0.3, 0.4) is 0 Å². The van der Waals surface area contributed by atoms with Crippen molar-refractivity contribution in [3.8, 4) is 135 Å². The van der Waals surface area contributed by atoms with Gasteiger partial charge in [0.2, 0.25) is 0 Å². The minimum atomic E-state index is 0.617. The monoisotopic (exact) mass is 1870 g/mol. The van der Waals surface area contributed by atoms with Gasteiger partial charge in [-0.25, -0.2) is 84.7 Å². The predicted molar refractivity (Wildman–Crippen MR) is 548 cm³/mol. The summed E-state index contributed by atoms with van der Waals surface area (Å²) in [4.78, 5) is 30.5. The quantitative estimate of drug-likeness (QED) is 0.139. The molecule has 84 aliphatic heterocycles. The molecular formula is C126H102N18+12. The number of nitrogens with zero attached hydrogens (tertiary/aromatic N) is 18. The van der Waals surface area contributed by atoms with Gasteiger partial charge in [-0.15, -0.1) is 0 Å². The standard InChI is InChI=1S/C66H54N6.C60H48N12/c1-2-50-4-3-49(1)43-67-25-13-55(14-26-67)61-37-63-41-64(38-61)58-19-31-70(32-20-58)46-52-7-11-54(12-8-52)48-72-35-23-60(24-36-72)66-40-62(56-15-27-68(44-50)28-16-56)39-65(42-66)59-21-33-71(34-22-59)47-53-9-5-51(6-10-53)45-69-29-17-57(63)18-30-69;1-2-44-4-3-43(1)37-67-25-13-49(14-26-67)55-61-57-51-17-29-69(30-18-51)39-45-5-9-47(10-6-45)41-71-33-21-53(22-34-71)59-63-56(50-15-27-68(38-44)28-16-50)64-60(66-59)54-23-35-72(36-24-54)42-48-11-7-46(8-12-48)40-70-31-19-52(20-32-70)58(62-55)65-57/h1-42H,43-48H2;1-36H,37-42H2/q2*+6. The highest BCUT2D eigenvalue weighted by atomic mass is 15.1. The van der Waals surface area contributed by atoms with Crippen molar-refractivity contribution >= 4 is 0 Å². The second kappa shape index (κ2) is 38.8. The van der Waals surface area contributed by atoms with Crippen LogP contribution in [0.1, 0.15) is 66.8 Å². The summed E-state index contributed by atoms with van der Waals surface area (Å²) < 4.78 is 26.7. The summed E-state index contributed by atoms with van der Waals surface area (Å²) in [7, 11) is 0. The molecule has 0 atom stereocenters. The molecule has 84 aliphatic rings.